The van der Waals surface area contributed by atoms with Gasteiger partial charge in [0, 0.05) is 18.8 Å². The van der Waals surface area contributed by atoms with Crippen molar-refractivity contribution >= 4 is 61.5 Å². The maximum atomic E-state index is 13.9. The normalized spacial score (nSPS) is 17.3. The van der Waals surface area contributed by atoms with Gasteiger partial charge in [0.15, 0.2) is 5.13 Å². The van der Waals surface area contributed by atoms with Crippen LogP contribution in [-0.2, 0) is 4.79 Å². The zero-order valence-electron chi connectivity index (χ0n) is 14.2. The van der Waals surface area contributed by atoms with Crippen LogP contribution in [0.4, 0.5) is 15.2 Å². The maximum Gasteiger partial charge on any atom is 0.229 e. The fourth-order valence-electron chi connectivity index (χ4n) is 3.22. The van der Waals surface area contributed by atoms with Crippen molar-refractivity contribution in [2.24, 2.45) is 5.92 Å². The van der Waals surface area contributed by atoms with Crippen LogP contribution < -0.4 is 10.2 Å². The zero-order valence-corrected chi connectivity index (χ0v) is 16.5. The number of carbonyl (C=O) groups is 1. The summed E-state index contributed by atoms with van der Waals surface area (Å²) in [6.45, 7) is 1.35. The highest BCUT2D eigenvalue weighted by atomic mass is 35.5. The first kappa shape index (κ1) is 18.5. The third kappa shape index (κ3) is 3.88. The molecule has 1 aliphatic rings. The summed E-state index contributed by atoms with van der Waals surface area (Å²) in [5.41, 5.74) is 1.01. The number of amides is 1. The largest absolute Gasteiger partial charge is 0.347 e. The van der Waals surface area contributed by atoms with Gasteiger partial charge in [-0.25, -0.2) is 9.37 Å². The van der Waals surface area contributed by atoms with E-state index < -0.39 is 0 Å². The van der Waals surface area contributed by atoms with Gasteiger partial charge in [0.25, 0.3) is 0 Å². The number of halogens is 3. The molecular formula is C19H16Cl2FN3OS. The molecule has 1 fully saturated rings. The van der Waals surface area contributed by atoms with Crippen molar-refractivity contribution in [3.63, 3.8) is 0 Å². The molecule has 4 rings (SSSR count). The number of fused-ring (bicyclic) bond motifs is 1. The topological polar surface area (TPSA) is 45.2 Å². The van der Waals surface area contributed by atoms with Gasteiger partial charge in [-0.2, -0.15) is 0 Å². The molecule has 0 bridgehead atoms. The Bertz CT molecular complexity index is 1010. The van der Waals surface area contributed by atoms with Crippen molar-refractivity contribution in [3.05, 3.63) is 52.3 Å². The van der Waals surface area contributed by atoms with E-state index in [2.05, 4.69) is 15.2 Å². The molecule has 27 heavy (non-hydrogen) atoms. The third-order valence-corrected chi connectivity index (χ3v) is 6.43. The summed E-state index contributed by atoms with van der Waals surface area (Å²) >= 11 is 13.4. The minimum Gasteiger partial charge on any atom is -0.347 e. The molecular weight excluding hydrogens is 408 g/mol. The van der Waals surface area contributed by atoms with Crippen LogP contribution in [-0.4, -0.2) is 24.0 Å². The standard InChI is InChI=1S/C19H16Cl2FN3OS/c20-13-7-6-12(9-14(13)21)23-18(26)11-3-2-8-25(10-11)19-24-17-15(22)4-1-5-16(17)27-19/h1,4-7,9,11H,2-3,8,10H2,(H,23,26). The minimum absolute atomic E-state index is 0.0645. The van der Waals surface area contributed by atoms with Crippen LogP contribution in [0.1, 0.15) is 12.8 Å². The molecule has 140 valence electrons. The summed E-state index contributed by atoms with van der Waals surface area (Å²) in [4.78, 5) is 19.2. The number of benzene rings is 2. The summed E-state index contributed by atoms with van der Waals surface area (Å²) in [5, 5.41) is 4.50. The van der Waals surface area contributed by atoms with Crippen LogP contribution in [0.5, 0.6) is 0 Å². The van der Waals surface area contributed by atoms with Crippen LogP contribution in [0.25, 0.3) is 10.2 Å². The first-order valence-electron chi connectivity index (χ1n) is 8.57. The average molecular weight is 424 g/mol. The predicted octanol–water partition coefficient (Wildman–Crippen LogP) is 5.60. The Hall–Kier alpha value is -1.89. The highest BCUT2D eigenvalue weighted by molar-refractivity contribution is 7.22. The van der Waals surface area contributed by atoms with Gasteiger partial charge in [0.1, 0.15) is 11.3 Å². The van der Waals surface area contributed by atoms with Crippen molar-refractivity contribution < 1.29 is 9.18 Å². The number of nitrogens with one attached hydrogen (secondary N) is 1. The number of nitrogens with zero attached hydrogens (tertiary/aromatic N) is 2. The Morgan fingerprint density at radius 3 is 2.89 bits per heavy atom. The second-order valence-corrected chi connectivity index (χ2v) is 8.31. The summed E-state index contributed by atoms with van der Waals surface area (Å²) in [5.74, 6) is -0.559. The molecule has 0 saturated carbocycles. The van der Waals surface area contributed by atoms with Crippen LogP contribution in [0.15, 0.2) is 36.4 Å². The number of carbonyl (C=O) groups excluding carboxylic acids is 1. The summed E-state index contributed by atoms with van der Waals surface area (Å²) < 4.78 is 14.7. The Kier molecular flexibility index (Phi) is 5.21. The second-order valence-electron chi connectivity index (χ2n) is 6.49. The lowest BCUT2D eigenvalue weighted by Gasteiger charge is -2.31. The maximum absolute atomic E-state index is 13.9. The molecule has 1 aliphatic heterocycles. The molecule has 0 radical (unpaired) electrons. The molecule has 0 aliphatic carbocycles. The third-order valence-electron chi connectivity index (χ3n) is 4.61. The Labute approximate surface area is 169 Å². The van der Waals surface area contributed by atoms with Crippen LogP contribution >= 0.6 is 34.5 Å². The van der Waals surface area contributed by atoms with E-state index in [1.807, 2.05) is 6.07 Å². The molecule has 2 aromatic carbocycles. The van der Waals surface area contributed by atoms with E-state index in [-0.39, 0.29) is 17.6 Å². The molecule has 3 aromatic rings. The van der Waals surface area contributed by atoms with Gasteiger partial charge in [-0.1, -0.05) is 40.6 Å². The van der Waals surface area contributed by atoms with Gasteiger partial charge in [-0.3, -0.25) is 4.79 Å². The van der Waals surface area contributed by atoms with Gasteiger partial charge >= 0.3 is 0 Å². The molecule has 1 saturated heterocycles. The molecule has 8 heteroatoms. The van der Waals surface area contributed by atoms with Crippen LogP contribution in [0.2, 0.25) is 10.0 Å². The fourth-order valence-corrected chi connectivity index (χ4v) is 4.53. The number of hydrogen-bond acceptors (Lipinski definition) is 4. The van der Waals surface area contributed by atoms with E-state index in [1.165, 1.54) is 17.4 Å². The molecule has 2 heterocycles. The Morgan fingerprint density at radius 1 is 1.26 bits per heavy atom. The van der Waals surface area contributed by atoms with E-state index in [0.29, 0.717) is 27.8 Å². The highest BCUT2D eigenvalue weighted by Gasteiger charge is 2.28. The molecule has 4 nitrogen and oxygen atoms in total. The number of aromatic nitrogens is 1. The van der Waals surface area contributed by atoms with Gasteiger partial charge < -0.3 is 10.2 Å². The predicted molar refractivity (Wildman–Crippen MR) is 110 cm³/mol. The number of thiazole rings is 1. The fraction of sp³-hybridized carbons (Fsp3) is 0.263. The van der Waals surface area contributed by atoms with Gasteiger partial charge in [0.2, 0.25) is 5.91 Å². The first-order valence-corrected chi connectivity index (χ1v) is 10.1. The average Bonchev–Trinajstić information content (AvgIpc) is 3.11. The van der Waals surface area contributed by atoms with Gasteiger partial charge in [0.05, 0.1) is 20.7 Å². The van der Waals surface area contributed by atoms with Gasteiger partial charge in [-0.05, 0) is 43.2 Å². The van der Waals surface area contributed by atoms with Crippen molar-refractivity contribution in [1.29, 1.82) is 0 Å². The lowest BCUT2D eigenvalue weighted by molar-refractivity contribution is -0.120. The monoisotopic (exact) mass is 423 g/mol. The number of hydrogen-bond donors (Lipinski definition) is 1. The molecule has 1 N–H and O–H groups in total. The SMILES string of the molecule is O=C(Nc1ccc(Cl)c(Cl)c1)C1CCCN(c2nc3c(F)cccc3s2)C1. The van der Waals surface area contributed by atoms with Crippen molar-refractivity contribution in [1.82, 2.24) is 4.98 Å². The Balaban J connectivity index is 1.49. The molecule has 1 atom stereocenters. The van der Waals surface area contributed by atoms with E-state index in [4.69, 9.17) is 23.2 Å². The van der Waals surface area contributed by atoms with Crippen molar-refractivity contribution in [2.45, 2.75) is 12.8 Å². The molecule has 0 spiro atoms. The first-order chi connectivity index (χ1) is 13.0. The molecule has 1 unspecified atom stereocenters. The van der Waals surface area contributed by atoms with Crippen LogP contribution in [0.3, 0.4) is 0 Å². The summed E-state index contributed by atoms with van der Waals surface area (Å²) in [7, 11) is 0. The minimum atomic E-state index is -0.319. The zero-order chi connectivity index (χ0) is 19.0. The molecule has 1 amide bonds. The van der Waals surface area contributed by atoms with E-state index >= 15 is 0 Å². The smallest absolute Gasteiger partial charge is 0.229 e. The lowest BCUT2D eigenvalue weighted by atomic mass is 9.97. The Morgan fingerprint density at radius 2 is 2.11 bits per heavy atom. The summed E-state index contributed by atoms with van der Waals surface area (Å²) in [6.07, 6.45) is 1.67. The van der Waals surface area contributed by atoms with Crippen molar-refractivity contribution in [2.75, 3.05) is 23.3 Å². The summed E-state index contributed by atoms with van der Waals surface area (Å²) in [6, 6.07) is 9.97. The number of rotatable bonds is 3. The number of anilines is 2. The number of para-hydroxylation sites is 1. The van der Waals surface area contributed by atoms with Gasteiger partial charge in [-0.15, -0.1) is 0 Å². The number of piperidine rings is 1. The lowest BCUT2D eigenvalue weighted by Crippen LogP contribution is -2.40. The molecule has 1 aromatic heterocycles. The quantitative estimate of drug-likeness (QED) is 0.596. The highest BCUT2D eigenvalue weighted by Crippen LogP contribution is 2.33. The van der Waals surface area contributed by atoms with Crippen LogP contribution in [0, 0.1) is 11.7 Å². The van der Waals surface area contributed by atoms with Crippen molar-refractivity contribution in [3.8, 4) is 0 Å². The van der Waals surface area contributed by atoms with E-state index in [9.17, 15) is 9.18 Å². The second kappa shape index (κ2) is 7.62. The van der Waals surface area contributed by atoms with E-state index in [1.54, 1.807) is 24.3 Å². The van der Waals surface area contributed by atoms with E-state index in [0.717, 1.165) is 29.2 Å².